The lowest BCUT2D eigenvalue weighted by molar-refractivity contribution is 0.623. The monoisotopic (exact) mass is 450 g/mol. The molecule has 0 atom stereocenters. The Labute approximate surface area is 135 Å². The van der Waals surface area contributed by atoms with Crippen LogP contribution in [0.5, 0.6) is 0 Å². The molecule has 0 aliphatic rings. The first-order chi connectivity index (χ1) is 9.04. The number of hydrogen-bond donors (Lipinski definition) is 1. The minimum Gasteiger partial charge on any atom is -0.338 e. The summed E-state index contributed by atoms with van der Waals surface area (Å²) in [6, 6.07) is 8.66. The molecular formula is C13H6BrClFIN2. The molecule has 3 aromatic rings. The van der Waals surface area contributed by atoms with Crippen LogP contribution in [0.4, 0.5) is 4.39 Å². The Morgan fingerprint density at radius 1 is 1.26 bits per heavy atom. The van der Waals surface area contributed by atoms with E-state index in [-0.39, 0.29) is 5.82 Å². The number of aromatic amines is 1. The van der Waals surface area contributed by atoms with Crippen molar-refractivity contribution in [3.05, 3.63) is 49.2 Å². The van der Waals surface area contributed by atoms with Crippen molar-refractivity contribution < 1.29 is 4.39 Å². The van der Waals surface area contributed by atoms with Gasteiger partial charge in [0.15, 0.2) is 0 Å². The predicted molar refractivity (Wildman–Crippen MR) is 86.9 cm³/mol. The highest BCUT2D eigenvalue weighted by Crippen LogP contribution is 2.29. The number of imidazole rings is 1. The highest BCUT2D eigenvalue weighted by Gasteiger charge is 2.11. The summed E-state index contributed by atoms with van der Waals surface area (Å²) in [5.74, 6) is 0.364. The number of halogens is 4. The largest absolute Gasteiger partial charge is 0.338 e. The van der Waals surface area contributed by atoms with E-state index in [1.807, 2.05) is 18.2 Å². The third kappa shape index (κ3) is 2.51. The zero-order valence-electron chi connectivity index (χ0n) is 9.35. The fourth-order valence-corrected chi connectivity index (χ4v) is 2.91. The molecule has 0 aliphatic carbocycles. The third-order valence-electron chi connectivity index (χ3n) is 2.71. The van der Waals surface area contributed by atoms with Gasteiger partial charge in [-0.15, -0.1) is 0 Å². The van der Waals surface area contributed by atoms with Crippen molar-refractivity contribution in [1.29, 1.82) is 0 Å². The van der Waals surface area contributed by atoms with E-state index in [4.69, 9.17) is 11.6 Å². The highest BCUT2D eigenvalue weighted by molar-refractivity contribution is 14.1. The Hall–Kier alpha value is -0.660. The maximum absolute atomic E-state index is 13.5. The SMILES string of the molecule is Fc1cc2[nH]c(-c3cc(Cl)ccc3I)nc2cc1Br. The van der Waals surface area contributed by atoms with Gasteiger partial charge in [-0.25, -0.2) is 9.37 Å². The average molecular weight is 451 g/mol. The first-order valence-corrected chi connectivity index (χ1v) is 7.60. The number of fused-ring (bicyclic) bond motifs is 1. The van der Waals surface area contributed by atoms with Crippen LogP contribution in [0.15, 0.2) is 34.8 Å². The molecule has 0 aliphatic heterocycles. The van der Waals surface area contributed by atoms with Crippen molar-refractivity contribution in [3.63, 3.8) is 0 Å². The molecule has 0 saturated carbocycles. The van der Waals surface area contributed by atoms with E-state index in [9.17, 15) is 4.39 Å². The topological polar surface area (TPSA) is 28.7 Å². The van der Waals surface area contributed by atoms with Crippen LogP contribution >= 0.6 is 50.1 Å². The Morgan fingerprint density at radius 2 is 2.05 bits per heavy atom. The maximum atomic E-state index is 13.5. The number of aromatic nitrogens is 2. The van der Waals surface area contributed by atoms with Crippen LogP contribution in [0.1, 0.15) is 0 Å². The standard InChI is InChI=1S/C13H6BrClFIN2/c14-8-4-11-12(5-9(8)16)19-13(18-11)7-3-6(15)1-2-10(7)17/h1-5H,(H,18,19). The second kappa shape index (κ2) is 5.03. The van der Waals surface area contributed by atoms with E-state index < -0.39 is 0 Å². The number of rotatable bonds is 1. The van der Waals surface area contributed by atoms with Gasteiger partial charge in [-0.1, -0.05) is 11.6 Å². The quantitative estimate of drug-likeness (QED) is 0.494. The molecule has 19 heavy (non-hydrogen) atoms. The number of nitrogens with one attached hydrogen (secondary N) is 1. The number of nitrogens with zero attached hydrogens (tertiary/aromatic N) is 1. The molecule has 0 amide bonds. The summed E-state index contributed by atoms with van der Waals surface area (Å²) in [7, 11) is 0. The zero-order chi connectivity index (χ0) is 13.6. The molecule has 2 nitrogen and oxygen atoms in total. The number of hydrogen-bond acceptors (Lipinski definition) is 1. The first kappa shape index (κ1) is 13.3. The third-order valence-corrected chi connectivity index (χ3v) is 4.49. The second-order valence-electron chi connectivity index (χ2n) is 3.99. The van der Waals surface area contributed by atoms with E-state index in [1.54, 1.807) is 6.07 Å². The summed E-state index contributed by atoms with van der Waals surface area (Å²) in [5.41, 5.74) is 2.27. The summed E-state index contributed by atoms with van der Waals surface area (Å²) in [6.45, 7) is 0. The van der Waals surface area contributed by atoms with Crippen LogP contribution in [-0.2, 0) is 0 Å². The van der Waals surface area contributed by atoms with E-state index in [1.165, 1.54) is 6.07 Å². The van der Waals surface area contributed by atoms with Gasteiger partial charge in [-0.05, 0) is 62.8 Å². The zero-order valence-corrected chi connectivity index (χ0v) is 13.8. The highest BCUT2D eigenvalue weighted by atomic mass is 127. The van der Waals surface area contributed by atoms with Gasteiger partial charge in [0.05, 0.1) is 15.5 Å². The molecular weight excluding hydrogens is 445 g/mol. The van der Waals surface area contributed by atoms with Crippen molar-refractivity contribution in [1.82, 2.24) is 9.97 Å². The Bertz CT molecular complexity index is 749. The molecule has 0 fully saturated rings. The molecule has 1 aromatic heterocycles. The van der Waals surface area contributed by atoms with Gasteiger partial charge >= 0.3 is 0 Å². The van der Waals surface area contributed by atoms with Gasteiger partial charge in [0.1, 0.15) is 11.6 Å². The summed E-state index contributed by atoms with van der Waals surface area (Å²) in [5, 5.41) is 0.642. The molecule has 0 bridgehead atoms. The maximum Gasteiger partial charge on any atom is 0.139 e. The molecule has 1 heterocycles. The van der Waals surface area contributed by atoms with Crippen LogP contribution in [0.25, 0.3) is 22.4 Å². The summed E-state index contributed by atoms with van der Waals surface area (Å²) >= 11 is 11.4. The van der Waals surface area contributed by atoms with Crippen LogP contribution in [0.2, 0.25) is 5.02 Å². The number of benzene rings is 2. The predicted octanol–water partition coefficient (Wildman–Crippen LogP) is 5.39. The van der Waals surface area contributed by atoms with Crippen molar-refractivity contribution in [2.45, 2.75) is 0 Å². The van der Waals surface area contributed by atoms with Crippen LogP contribution in [0, 0.1) is 9.39 Å². The van der Waals surface area contributed by atoms with Crippen LogP contribution in [-0.4, -0.2) is 9.97 Å². The van der Waals surface area contributed by atoms with Gasteiger partial charge in [0.25, 0.3) is 0 Å². The molecule has 96 valence electrons. The van der Waals surface area contributed by atoms with Gasteiger partial charge in [0.2, 0.25) is 0 Å². The van der Waals surface area contributed by atoms with Gasteiger partial charge in [-0.3, -0.25) is 0 Å². The van der Waals surface area contributed by atoms with Gasteiger partial charge in [-0.2, -0.15) is 0 Å². The molecule has 6 heteroatoms. The molecule has 0 radical (unpaired) electrons. The molecule has 0 unspecified atom stereocenters. The van der Waals surface area contributed by atoms with E-state index >= 15 is 0 Å². The Morgan fingerprint density at radius 3 is 2.84 bits per heavy atom. The van der Waals surface area contributed by atoms with Crippen molar-refractivity contribution in [3.8, 4) is 11.4 Å². The van der Waals surface area contributed by atoms with Gasteiger partial charge < -0.3 is 4.98 Å². The van der Waals surface area contributed by atoms with E-state index in [2.05, 4.69) is 48.5 Å². The minimum atomic E-state index is -0.316. The minimum absolute atomic E-state index is 0.316. The van der Waals surface area contributed by atoms with Crippen molar-refractivity contribution >= 4 is 61.2 Å². The number of H-pyrrole nitrogens is 1. The van der Waals surface area contributed by atoms with E-state index in [0.29, 0.717) is 26.4 Å². The fraction of sp³-hybridized carbons (Fsp3) is 0. The summed E-state index contributed by atoms with van der Waals surface area (Å²) < 4.78 is 14.9. The van der Waals surface area contributed by atoms with Crippen molar-refractivity contribution in [2.24, 2.45) is 0 Å². The fourth-order valence-electron chi connectivity index (χ4n) is 1.81. The molecule has 3 rings (SSSR count). The van der Waals surface area contributed by atoms with Crippen LogP contribution < -0.4 is 0 Å². The second-order valence-corrected chi connectivity index (χ2v) is 6.45. The average Bonchev–Trinajstić information content (AvgIpc) is 2.75. The van der Waals surface area contributed by atoms with E-state index in [0.717, 1.165) is 9.13 Å². The first-order valence-electron chi connectivity index (χ1n) is 5.35. The van der Waals surface area contributed by atoms with Crippen molar-refractivity contribution in [2.75, 3.05) is 0 Å². The Kier molecular flexibility index (Phi) is 3.53. The molecule has 1 N–H and O–H groups in total. The normalized spacial score (nSPS) is 11.2. The van der Waals surface area contributed by atoms with Gasteiger partial charge in [0, 0.05) is 20.2 Å². The molecule has 0 spiro atoms. The lowest BCUT2D eigenvalue weighted by Crippen LogP contribution is -1.84. The molecule has 2 aromatic carbocycles. The Balaban J connectivity index is 2.23. The molecule has 0 saturated heterocycles. The van der Waals surface area contributed by atoms with Crippen LogP contribution in [0.3, 0.4) is 0 Å². The summed E-state index contributed by atoms with van der Waals surface area (Å²) in [6.07, 6.45) is 0. The lowest BCUT2D eigenvalue weighted by Gasteiger charge is -2.00. The lowest BCUT2D eigenvalue weighted by atomic mass is 10.2. The smallest absolute Gasteiger partial charge is 0.139 e. The summed E-state index contributed by atoms with van der Waals surface area (Å²) in [4.78, 5) is 7.58.